The van der Waals surface area contributed by atoms with Gasteiger partial charge in [-0.3, -0.25) is 14.5 Å². The van der Waals surface area contributed by atoms with Gasteiger partial charge in [0.1, 0.15) is 11.9 Å². The number of sulfonamides is 1. The van der Waals surface area contributed by atoms with Crippen molar-refractivity contribution in [1.82, 2.24) is 4.72 Å². The van der Waals surface area contributed by atoms with Crippen molar-refractivity contribution in [2.45, 2.75) is 31.2 Å². The van der Waals surface area contributed by atoms with E-state index >= 15 is 0 Å². The van der Waals surface area contributed by atoms with Gasteiger partial charge in [0.15, 0.2) is 0 Å². The van der Waals surface area contributed by atoms with E-state index in [4.69, 9.17) is 28.9 Å². The summed E-state index contributed by atoms with van der Waals surface area (Å²) in [5.41, 5.74) is 6.76. The van der Waals surface area contributed by atoms with Crippen molar-refractivity contribution in [3.63, 3.8) is 0 Å². The summed E-state index contributed by atoms with van der Waals surface area (Å²) in [6.45, 7) is 3.79. The molecule has 0 saturated carbocycles. The van der Waals surface area contributed by atoms with Crippen molar-refractivity contribution in [2.75, 3.05) is 11.1 Å². The van der Waals surface area contributed by atoms with Crippen LogP contribution in [0, 0.1) is 5.92 Å². The molecule has 0 aromatic heterocycles. The van der Waals surface area contributed by atoms with Crippen LogP contribution in [0.1, 0.15) is 25.8 Å². The molecule has 0 aliphatic carbocycles. The van der Waals surface area contributed by atoms with Gasteiger partial charge in [0.2, 0.25) is 5.91 Å². The number of nitrogen functional groups attached to an aromatic ring is 1. The average Bonchev–Trinajstić information content (AvgIpc) is 2.94. The van der Waals surface area contributed by atoms with E-state index in [0.29, 0.717) is 17.7 Å². The van der Waals surface area contributed by atoms with Crippen molar-refractivity contribution in [1.29, 1.82) is 0 Å². The van der Waals surface area contributed by atoms with Crippen molar-refractivity contribution in [2.24, 2.45) is 10.9 Å². The standard InChI is InChI=1S/C19H20Cl2N4O3S/c1-3-10(2)17(19(26)23-11-8-13(20)16(22)14(21)9-11)24-18-12-6-4-5-7-15(12)29(27,28)25-18/h4-10,17H,3,22H2,1-2H3,(H,23,26)(H,24,25)/t10-,17-/m0/s1. The molecule has 1 heterocycles. The highest BCUT2D eigenvalue weighted by molar-refractivity contribution is 7.90. The molecule has 1 amide bonds. The molecule has 2 atom stereocenters. The van der Waals surface area contributed by atoms with Gasteiger partial charge in [0.05, 0.1) is 20.6 Å². The van der Waals surface area contributed by atoms with Gasteiger partial charge in [0.25, 0.3) is 10.0 Å². The van der Waals surface area contributed by atoms with Gasteiger partial charge in [-0.1, -0.05) is 55.6 Å². The van der Waals surface area contributed by atoms with Crippen LogP contribution in [-0.2, 0) is 14.8 Å². The quantitative estimate of drug-likeness (QED) is 0.597. The zero-order valence-corrected chi connectivity index (χ0v) is 18.1. The molecule has 0 bridgehead atoms. The lowest BCUT2D eigenvalue weighted by Crippen LogP contribution is -2.34. The van der Waals surface area contributed by atoms with Crippen LogP contribution in [0.5, 0.6) is 0 Å². The number of carbonyl (C=O) groups is 1. The number of hydrogen-bond acceptors (Lipinski definition) is 5. The normalized spacial score (nSPS) is 18.0. The monoisotopic (exact) mass is 454 g/mol. The summed E-state index contributed by atoms with van der Waals surface area (Å²) < 4.78 is 27.1. The Morgan fingerprint density at radius 2 is 1.86 bits per heavy atom. The van der Waals surface area contributed by atoms with Crippen LogP contribution in [0.15, 0.2) is 46.3 Å². The number of benzene rings is 2. The first-order chi connectivity index (χ1) is 13.6. The summed E-state index contributed by atoms with van der Waals surface area (Å²) in [5, 5.41) is 3.18. The van der Waals surface area contributed by atoms with E-state index in [0.717, 1.165) is 0 Å². The fourth-order valence-electron chi connectivity index (χ4n) is 2.91. The Kier molecular flexibility index (Phi) is 6.07. The lowest BCUT2D eigenvalue weighted by Gasteiger charge is -2.20. The first-order valence-electron chi connectivity index (χ1n) is 8.89. The van der Waals surface area contributed by atoms with Crippen LogP contribution < -0.4 is 15.8 Å². The van der Waals surface area contributed by atoms with E-state index in [-0.39, 0.29) is 32.4 Å². The lowest BCUT2D eigenvalue weighted by atomic mass is 9.98. The first kappa shape index (κ1) is 21.4. The Labute approximate surface area is 179 Å². The molecule has 0 unspecified atom stereocenters. The van der Waals surface area contributed by atoms with E-state index in [1.54, 1.807) is 18.2 Å². The Bertz CT molecular complexity index is 1080. The van der Waals surface area contributed by atoms with Crippen molar-refractivity contribution in [3.05, 3.63) is 52.0 Å². The van der Waals surface area contributed by atoms with Crippen molar-refractivity contribution in [3.8, 4) is 0 Å². The third kappa shape index (κ3) is 4.34. The molecule has 3 rings (SSSR count). The highest BCUT2D eigenvalue weighted by Gasteiger charge is 2.33. The second-order valence-corrected chi connectivity index (χ2v) is 9.22. The Morgan fingerprint density at radius 3 is 2.48 bits per heavy atom. The molecule has 0 spiro atoms. The van der Waals surface area contributed by atoms with Crippen molar-refractivity contribution < 1.29 is 13.2 Å². The van der Waals surface area contributed by atoms with E-state index in [9.17, 15) is 13.2 Å². The van der Waals surface area contributed by atoms with Gasteiger partial charge in [-0.25, -0.2) is 8.42 Å². The topological polar surface area (TPSA) is 114 Å². The lowest BCUT2D eigenvalue weighted by molar-refractivity contribution is -0.118. The number of amides is 1. The summed E-state index contributed by atoms with van der Waals surface area (Å²) in [6, 6.07) is 8.65. The SMILES string of the molecule is CC[C@H](C)[C@H](N=C1NS(=O)(=O)c2ccccc21)C(=O)Nc1cc(Cl)c(N)c(Cl)c1. The highest BCUT2D eigenvalue weighted by Crippen LogP contribution is 2.31. The predicted molar refractivity (Wildman–Crippen MR) is 116 cm³/mol. The first-order valence-corrected chi connectivity index (χ1v) is 11.1. The minimum absolute atomic E-state index is 0.138. The molecule has 0 saturated heterocycles. The molecule has 0 fully saturated rings. The summed E-state index contributed by atoms with van der Waals surface area (Å²) in [4.78, 5) is 17.6. The second kappa shape index (κ2) is 8.22. The van der Waals surface area contributed by atoms with E-state index in [1.165, 1.54) is 18.2 Å². The average molecular weight is 455 g/mol. The van der Waals surface area contributed by atoms with Crippen LogP contribution >= 0.6 is 23.2 Å². The number of aliphatic imine (C=N–C) groups is 1. The fraction of sp³-hybridized carbons (Fsp3) is 0.263. The largest absolute Gasteiger partial charge is 0.396 e. The fourth-order valence-corrected chi connectivity index (χ4v) is 4.64. The summed E-state index contributed by atoms with van der Waals surface area (Å²) >= 11 is 12.1. The number of anilines is 2. The number of hydrogen-bond donors (Lipinski definition) is 3. The molecule has 2 aromatic rings. The maximum absolute atomic E-state index is 13.0. The van der Waals surface area contributed by atoms with Gasteiger partial charge < -0.3 is 11.1 Å². The number of amidine groups is 1. The molecular formula is C19H20Cl2N4O3S. The van der Waals surface area contributed by atoms with E-state index < -0.39 is 22.0 Å². The van der Waals surface area contributed by atoms with Crippen LogP contribution in [0.3, 0.4) is 0 Å². The van der Waals surface area contributed by atoms with Crippen molar-refractivity contribution >= 4 is 56.3 Å². The van der Waals surface area contributed by atoms with Gasteiger partial charge in [-0.2, -0.15) is 0 Å². The minimum Gasteiger partial charge on any atom is -0.396 e. The number of nitrogens with one attached hydrogen (secondary N) is 2. The molecular weight excluding hydrogens is 435 g/mol. The predicted octanol–water partition coefficient (Wildman–Crippen LogP) is 3.67. The maximum atomic E-state index is 13.0. The van der Waals surface area contributed by atoms with Gasteiger partial charge in [0, 0.05) is 11.3 Å². The molecule has 29 heavy (non-hydrogen) atoms. The molecule has 154 valence electrons. The van der Waals surface area contributed by atoms with Gasteiger partial charge >= 0.3 is 0 Å². The molecule has 1 aliphatic rings. The van der Waals surface area contributed by atoms with Crippen LogP contribution in [0.25, 0.3) is 0 Å². The van der Waals surface area contributed by atoms with E-state index in [2.05, 4.69) is 15.0 Å². The maximum Gasteiger partial charge on any atom is 0.263 e. The third-order valence-corrected chi connectivity index (χ3v) is 6.75. The van der Waals surface area contributed by atoms with Gasteiger partial charge in [-0.15, -0.1) is 0 Å². The number of halogens is 2. The Hall–Kier alpha value is -2.29. The molecule has 4 N–H and O–H groups in total. The van der Waals surface area contributed by atoms with Crippen LogP contribution in [0.4, 0.5) is 11.4 Å². The molecule has 10 heteroatoms. The zero-order chi connectivity index (χ0) is 21.3. The number of rotatable bonds is 5. The summed E-state index contributed by atoms with van der Waals surface area (Å²) in [7, 11) is -3.69. The summed E-state index contributed by atoms with van der Waals surface area (Å²) in [6.07, 6.45) is 0.659. The second-order valence-electron chi connectivity index (χ2n) is 6.75. The van der Waals surface area contributed by atoms with Gasteiger partial charge in [-0.05, 0) is 30.2 Å². The molecule has 2 aromatic carbocycles. The van der Waals surface area contributed by atoms with Crippen LogP contribution in [-0.4, -0.2) is 26.2 Å². The number of carbonyl (C=O) groups excluding carboxylic acids is 1. The summed E-state index contributed by atoms with van der Waals surface area (Å²) in [5.74, 6) is -0.416. The Morgan fingerprint density at radius 1 is 1.24 bits per heavy atom. The number of fused-ring (bicyclic) bond motifs is 1. The number of nitrogens with two attached hydrogens (primary N) is 1. The minimum atomic E-state index is -3.69. The number of nitrogens with zero attached hydrogens (tertiary/aromatic N) is 1. The zero-order valence-electron chi connectivity index (χ0n) is 15.7. The molecule has 0 radical (unpaired) electrons. The Balaban J connectivity index is 1.96. The highest BCUT2D eigenvalue weighted by atomic mass is 35.5. The van der Waals surface area contributed by atoms with Crippen LogP contribution in [0.2, 0.25) is 10.0 Å². The smallest absolute Gasteiger partial charge is 0.263 e. The molecule has 1 aliphatic heterocycles. The third-order valence-electron chi connectivity index (χ3n) is 4.73. The molecule has 7 nitrogen and oxygen atoms in total. The van der Waals surface area contributed by atoms with E-state index in [1.807, 2.05) is 13.8 Å².